The molecular weight excluding hydrogens is 232 g/mol. The van der Waals surface area contributed by atoms with Gasteiger partial charge in [-0.15, -0.1) is 0 Å². The predicted octanol–water partition coefficient (Wildman–Crippen LogP) is 3.67. The average Bonchev–Trinajstić information content (AvgIpc) is 2.97. The molecule has 1 N–H and O–H groups in total. The van der Waals surface area contributed by atoms with Gasteiger partial charge in [-0.1, -0.05) is 33.6 Å². The molecule has 112 valence electrons. The molecule has 1 saturated carbocycles. The first-order valence-corrected chi connectivity index (χ1v) is 8.77. The third kappa shape index (κ3) is 3.72. The predicted molar refractivity (Wildman–Crippen MR) is 83.5 cm³/mol. The van der Waals surface area contributed by atoms with Gasteiger partial charge >= 0.3 is 0 Å². The highest BCUT2D eigenvalue weighted by Gasteiger charge is 2.39. The summed E-state index contributed by atoms with van der Waals surface area (Å²) in [6.07, 6.45) is 9.69. The fourth-order valence-corrected chi connectivity index (χ4v) is 4.41. The molecule has 19 heavy (non-hydrogen) atoms. The Hall–Kier alpha value is -0.0800. The van der Waals surface area contributed by atoms with E-state index in [1.807, 2.05) is 0 Å². The Labute approximate surface area is 120 Å². The highest BCUT2D eigenvalue weighted by Crippen LogP contribution is 2.39. The van der Waals surface area contributed by atoms with Crippen molar-refractivity contribution in [1.29, 1.82) is 0 Å². The molecule has 0 radical (unpaired) electrons. The molecule has 2 rings (SSSR count). The lowest BCUT2D eigenvalue weighted by Crippen LogP contribution is -2.49. The Bertz CT molecular complexity index is 240. The number of rotatable bonds is 8. The summed E-state index contributed by atoms with van der Waals surface area (Å²) in [4.78, 5) is 2.83. The molecule has 1 saturated heterocycles. The molecule has 4 unspecified atom stereocenters. The lowest BCUT2D eigenvalue weighted by Gasteiger charge is -2.35. The lowest BCUT2D eigenvalue weighted by molar-refractivity contribution is 0.166. The van der Waals surface area contributed by atoms with Gasteiger partial charge in [0, 0.05) is 25.2 Å². The molecule has 0 aromatic carbocycles. The van der Waals surface area contributed by atoms with Gasteiger partial charge in [-0.3, -0.25) is 4.90 Å². The van der Waals surface area contributed by atoms with Crippen LogP contribution < -0.4 is 5.32 Å². The van der Waals surface area contributed by atoms with Crippen LogP contribution in [-0.2, 0) is 0 Å². The van der Waals surface area contributed by atoms with Crippen molar-refractivity contribution in [2.45, 2.75) is 77.8 Å². The summed E-state index contributed by atoms with van der Waals surface area (Å²) in [6, 6.07) is 1.49. The molecule has 0 aromatic rings. The van der Waals surface area contributed by atoms with E-state index < -0.39 is 0 Å². The maximum absolute atomic E-state index is 3.82. The van der Waals surface area contributed by atoms with Crippen LogP contribution >= 0.6 is 0 Å². The first-order chi connectivity index (χ1) is 9.30. The first kappa shape index (κ1) is 15.3. The van der Waals surface area contributed by atoms with E-state index in [0.717, 1.165) is 17.9 Å². The van der Waals surface area contributed by atoms with Gasteiger partial charge in [-0.25, -0.2) is 0 Å². The molecule has 2 fully saturated rings. The molecular formula is C17H34N2. The SMILES string of the molecule is CCCNC(CCC)C(CC)N1CC2CCCC2C1. The zero-order valence-electron chi connectivity index (χ0n) is 13.3. The van der Waals surface area contributed by atoms with Crippen LogP contribution in [0.2, 0.25) is 0 Å². The third-order valence-electron chi connectivity index (χ3n) is 5.36. The number of hydrogen-bond acceptors (Lipinski definition) is 2. The minimum atomic E-state index is 0.716. The summed E-state index contributed by atoms with van der Waals surface area (Å²) in [5, 5.41) is 3.82. The number of nitrogens with zero attached hydrogens (tertiary/aromatic N) is 1. The van der Waals surface area contributed by atoms with Gasteiger partial charge in [0.05, 0.1) is 0 Å². The summed E-state index contributed by atoms with van der Waals surface area (Å²) in [5.74, 6) is 2.06. The van der Waals surface area contributed by atoms with Crippen LogP contribution in [0, 0.1) is 11.8 Å². The summed E-state index contributed by atoms with van der Waals surface area (Å²) in [6.45, 7) is 10.9. The van der Waals surface area contributed by atoms with Crippen molar-refractivity contribution in [2.75, 3.05) is 19.6 Å². The Balaban J connectivity index is 1.92. The second-order valence-corrected chi connectivity index (χ2v) is 6.73. The van der Waals surface area contributed by atoms with E-state index in [1.165, 1.54) is 64.6 Å². The van der Waals surface area contributed by atoms with Gasteiger partial charge in [0.15, 0.2) is 0 Å². The normalized spacial score (nSPS) is 30.5. The van der Waals surface area contributed by atoms with Crippen LogP contribution in [0.15, 0.2) is 0 Å². The van der Waals surface area contributed by atoms with Crippen molar-refractivity contribution in [3.8, 4) is 0 Å². The van der Waals surface area contributed by atoms with Crippen molar-refractivity contribution >= 4 is 0 Å². The zero-order valence-corrected chi connectivity index (χ0v) is 13.3. The van der Waals surface area contributed by atoms with Crippen LogP contribution in [0.5, 0.6) is 0 Å². The van der Waals surface area contributed by atoms with Crippen molar-refractivity contribution in [2.24, 2.45) is 11.8 Å². The van der Waals surface area contributed by atoms with E-state index in [1.54, 1.807) is 0 Å². The fraction of sp³-hybridized carbons (Fsp3) is 1.00. The van der Waals surface area contributed by atoms with E-state index in [-0.39, 0.29) is 0 Å². The monoisotopic (exact) mass is 266 g/mol. The Morgan fingerprint density at radius 1 is 1.05 bits per heavy atom. The van der Waals surface area contributed by atoms with Gasteiger partial charge in [-0.05, 0) is 50.5 Å². The Morgan fingerprint density at radius 3 is 2.26 bits per heavy atom. The summed E-state index contributed by atoms with van der Waals surface area (Å²) in [7, 11) is 0. The van der Waals surface area contributed by atoms with Crippen LogP contribution in [-0.4, -0.2) is 36.6 Å². The van der Waals surface area contributed by atoms with Crippen molar-refractivity contribution in [1.82, 2.24) is 10.2 Å². The van der Waals surface area contributed by atoms with Crippen molar-refractivity contribution < 1.29 is 0 Å². The van der Waals surface area contributed by atoms with Crippen LogP contribution in [0.1, 0.15) is 65.7 Å². The number of likely N-dealkylation sites (tertiary alicyclic amines) is 1. The Kier molecular flexibility index (Phi) is 6.15. The second kappa shape index (κ2) is 7.64. The molecule has 2 heteroatoms. The lowest BCUT2D eigenvalue weighted by atomic mass is 9.99. The topological polar surface area (TPSA) is 15.3 Å². The summed E-state index contributed by atoms with van der Waals surface area (Å²) >= 11 is 0. The minimum Gasteiger partial charge on any atom is -0.312 e. The highest BCUT2D eigenvalue weighted by molar-refractivity contribution is 4.94. The molecule has 0 bridgehead atoms. The molecule has 1 aliphatic carbocycles. The zero-order chi connectivity index (χ0) is 13.7. The summed E-state index contributed by atoms with van der Waals surface area (Å²) < 4.78 is 0. The van der Waals surface area contributed by atoms with Crippen molar-refractivity contribution in [3.05, 3.63) is 0 Å². The van der Waals surface area contributed by atoms with Crippen LogP contribution in [0.25, 0.3) is 0 Å². The standard InChI is InChI=1S/C17H34N2/c1-4-8-16(18-11-5-2)17(6-3)19-12-14-9-7-10-15(14)13-19/h14-18H,4-13H2,1-3H3. The van der Waals surface area contributed by atoms with E-state index in [4.69, 9.17) is 0 Å². The maximum Gasteiger partial charge on any atom is 0.0246 e. The molecule has 1 aliphatic heterocycles. The maximum atomic E-state index is 3.82. The largest absolute Gasteiger partial charge is 0.312 e. The number of fused-ring (bicyclic) bond motifs is 1. The quantitative estimate of drug-likeness (QED) is 0.721. The van der Waals surface area contributed by atoms with Crippen LogP contribution in [0.4, 0.5) is 0 Å². The van der Waals surface area contributed by atoms with Gasteiger partial charge in [0.25, 0.3) is 0 Å². The smallest absolute Gasteiger partial charge is 0.0246 e. The molecule has 0 spiro atoms. The molecule has 2 aliphatic rings. The van der Waals surface area contributed by atoms with Crippen LogP contribution in [0.3, 0.4) is 0 Å². The second-order valence-electron chi connectivity index (χ2n) is 6.73. The Morgan fingerprint density at radius 2 is 1.74 bits per heavy atom. The third-order valence-corrected chi connectivity index (χ3v) is 5.36. The van der Waals surface area contributed by atoms with Gasteiger partial charge < -0.3 is 5.32 Å². The molecule has 1 heterocycles. The minimum absolute atomic E-state index is 0.716. The summed E-state index contributed by atoms with van der Waals surface area (Å²) in [5.41, 5.74) is 0. The average molecular weight is 266 g/mol. The van der Waals surface area contributed by atoms with E-state index in [0.29, 0.717) is 6.04 Å². The molecule has 4 atom stereocenters. The van der Waals surface area contributed by atoms with Gasteiger partial charge in [-0.2, -0.15) is 0 Å². The fourth-order valence-electron chi connectivity index (χ4n) is 4.41. The first-order valence-electron chi connectivity index (χ1n) is 8.77. The van der Waals surface area contributed by atoms with Crippen molar-refractivity contribution in [3.63, 3.8) is 0 Å². The van der Waals surface area contributed by atoms with E-state index in [2.05, 4.69) is 31.0 Å². The molecule has 0 aromatic heterocycles. The number of nitrogens with one attached hydrogen (secondary N) is 1. The van der Waals surface area contributed by atoms with Gasteiger partial charge in [0.1, 0.15) is 0 Å². The highest BCUT2D eigenvalue weighted by atomic mass is 15.2. The number of hydrogen-bond donors (Lipinski definition) is 1. The van der Waals surface area contributed by atoms with E-state index in [9.17, 15) is 0 Å². The van der Waals surface area contributed by atoms with Gasteiger partial charge in [0.2, 0.25) is 0 Å². The molecule has 0 amide bonds. The van der Waals surface area contributed by atoms with E-state index >= 15 is 0 Å². The molecule has 2 nitrogen and oxygen atoms in total.